The molecular weight excluding hydrogens is 189 g/mol. The molecule has 72 valence electrons. The van der Waals surface area contributed by atoms with Crippen LogP contribution in [0.15, 0.2) is 0 Å². The number of aliphatic hydroxyl groups excluding tert-OH is 1. The number of hydrogen-bond donors (Lipinski definition) is 3. The predicted molar refractivity (Wildman–Crippen MR) is 37.4 cm³/mol. The third-order valence-corrected chi connectivity index (χ3v) is 1.32. The lowest BCUT2D eigenvalue weighted by Gasteiger charge is -2.17. The van der Waals surface area contributed by atoms with Crippen molar-refractivity contribution in [3.05, 3.63) is 0 Å². The molecule has 0 aromatic rings. The number of rotatable bonds is 4. The lowest BCUT2D eigenvalue weighted by Crippen LogP contribution is -2.30. The molecule has 12 heavy (non-hydrogen) atoms. The zero-order chi connectivity index (χ0) is 9.78. The Kier molecular flexibility index (Phi) is 4.36. The van der Waals surface area contributed by atoms with Crippen LogP contribution in [-0.4, -0.2) is 32.6 Å². The van der Waals surface area contributed by atoms with Gasteiger partial charge in [-0.2, -0.15) is 9.69 Å². The molecule has 0 atom stereocenters. The molecule has 0 bridgehead atoms. The molecule has 0 rings (SSSR count). The van der Waals surface area contributed by atoms with Gasteiger partial charge in [-0.15, -0.1) is 0 Å². The lowest BCUT2D eigenvalue weighted by molar-refractivity contribution is -0.174. The maximum absolute atomic E-state index is 10.7. The normalized spacial score (nSPS) is 11.3. The van der Waals surface area contributed by atoms with Crippen molar-refractivity contribution < 1.29 is 28.9 Å². The average molecular weight is 199 g/mol. The Hall–Kier alpha value is -0.460. The highest BCUT2D eigenvalue weighted by molar-refractivity contribution is 7.46. The van der Waals surface area contributed by atoms with Crippen LogP contribution in [-0.2, 0) is 14.0 Å². The Bertz CT molecular complexity index is 200. The molecule has 0 fully saturated rings. The van der Waals surface area contributed by atoms with Crippen LogP contribution in [0.5, 0.6) is 0 Å². The van der Waals surface area contributed by atoms with E-state index in [0.717, 1.165) is 0 Å². The summed E-state index contributed by atoms with van der Waals surface area (Å²) in [6.45, 7) is 0.575. The molecule has 0 saturated heterocycles. The van der Waals surface area contributed by atoms with Gasteiger partial charge in [-0.1, -0.05) is 6.92 Å². The molecule has 0 unspecified atom stereocenters. The fraction of sp³-hybridized carbons (Fsp3) is 0.750. The molecule has 0 aliphatic heterocycles. The second-order valence-electron chi connectivity index (χ2n) is 1.84. The lowest BCUT2D eigenvalue weighted by atomic mass is 10.5. The SMILES string of the molecule is CCC(=O)N(CO)OP(=O)(O)O. The van der Waals surface area contributed by atoms with Crippen molar-refractivity contribution in [1.29, 1.82) is 0 Å². The van der Waals surface area contributed by atoms with E-state index in [-0.39, 0.29) is 11.5 Å². The van der Waals surface area contributed by atoms with E-state index < -0.39 is 20.5 Å². The Balaban J connectivity index is 4.19. The zero-order valence-corrected chi connectivity index (χ0v) is 7.27. The molecular formula is C4H10NO6P. The van der Waals surface area contributed by atoms with Crippen LogP contribution in [0.1, 0.15) is 13.3 Å². The van der Waals surface area contributed by atoms with Gasteiger partial charge in [-0.3, -0.25) is 4.79 Å². The van der Waals surface area contributed by atoms with Crippen LogP contribution >= 0.6 is 7.82 Å². The molecule has 3 N–H and O–H groups in total. The summed E-state index contributed by atoms with van der Waals surface area (Å²) in [7, 11) is -4.76. The highest BCUT2D eigenvalue weighted by atomic mass is 31.2. The minimum Gasteiger partial charge on any atom is -0.374 e. The second kappa shape index (κ2) is 4.54. The standard InChI is InChI=1S/C4H10NO6P/c1-2-4(7)5(3-6)11-12(8,9)10/h6H,2-3H2,1H3,(H2,8,9,10). The highest BCUT2D eigenvalue weighted by Crippen LogP contribution is 2.36. The molecule has 0 aliphatic carbocycles. The van der Waals surface area contributed by atoms with Crippen molar-refractivity contribution in [2.45, 2.75) is 13.3 Å². The van der Waals surface area contributed by atoms with Crippen molar-refractivity contribution in [3.63, 3.8) is 0 Å². The van der Waals surface area contributed by atoms with Gasteiger partial charge in [0.05, 0.1) is 0 Å². The van der Waals surface area contributed by atoms with Crippen molar-refractivity contribution in [1.82, 2.24) is 5.06 Å². The van der Waals surface area contributed by atoms with Gasteiger partial charge in [-0.25, -0.2) is 4.57 Å². The van der Waals surface area contributed by atoms with Gasteiger partial charge in [0.25, 0.3) is 0 Å². The summed E-state index contributed by atoms with van der Waals surface area (Å²) in [6, 6.07) is 0. The molecule has 0 heterocycles. The van der Waals surface area contributed by atoms with Crippen LogP contribution in [0.4, 0.5) is 0 Å². The van der Waals surface area contributed by atoms with Gasteiger partial charge in [0.15, 0.2) is 0 Å². The quantitative estimate of drug-likeness (QED) is 0.311. The largest absolute Gasteiger partial charge is 0.491 e. The third-order valence-electron chi connectivity index (χ3n) is 0.914. The van der Waals surface area contributed by atoms with Gasteiger partial charge < -0.3 is 14.9 Å². The van der Waals surface area contributed by atoms with Crippen LogP contribution in [0.3, 0.4) is 0 Å². The summed E-state index contributed by atoms with van der Waals surface area (Å²) in [6.07, 6.45) is -0.0133. The number of hydroxylamine groups is 2. The molecule has 0 spiro atoms. The fourth-order valence-electron chi connectivity index (χ4n) is 0.455. The topological polar surface area (TPSA) is 107 Å². The van der Waals surface area contributed by atoms with Crippen molar-refractivity contribution in [2.75, 3.05) is 6.73 Å². The molecule has 0 aliphatic rings. The van der Waals surface area contributed by atoms with Crippen LogP contribution < -0.4 is 0 Å². The minimum atomic E-state index is -4.76. The van der Waals surface area contributed by atoms with Gasteiger partial charge >= 0.3 is 7.82 Å². The van der Waals surface area contributed by atoms with Gasteiger partial charge in [0.2, 0.25) is 5.91 Å². The number of carbonyl (C=O) groups excluding carboxylic acids is 1. The first kappa shape index (κ1) is 11.5. The van der Waals surface area contributed by atoms with E-state index in [9.17, 15) is 9.36 Å². The van der Waals surface area contributed by atoms with Crippen molar-refractivity contribution in [2.24, 2.45) is 0 Å². The summed E-state index contributed by atoms with van der Waals surface area (Å²) >= 11 is 0. The monoisotopic (exact) mass is 199 g/mol. The molecule has 1 amide bonds. The number of aliphatic hydroxyl groups is 1. The Morgan fingerprint density at radius 2 is 2.08 bits per heavy atom. The highest BCUT2D eigenvalue weighted by Gasteiger charge is 2.23. The average Bonchev–Trinajstić information content (AvgIpc) is 1.97. The maximum Gasteiger partial charge on any atom is 0.491 e. The molecule has 0 aromatic heterocycles. The van der Waals surface area contributed by atoms with Crippen molar-refractivity contribution >= 4 is 13.7 Å². The van der Waals surface area contributed by atoms with Gasteiger partial charge in [0, 0.05) is 6.42 Å². The number of hydrogen-bond acceptors (Lipinski definition) is 4. The predicted octanol–water partition coefficient (Wildman–Crippen LogP) is -0.801. The fourth-order valence-corrected chi connectivity index (χ4v) is 0.854. The Morgan fingerprint density at radius 3 is 2.33 bits per heavy atom. The first-order chi connectivity index (χ1) is 5.40. The van der Waals surface area contributed by atoms with E-state index in [4.69, 9.17) is 14.9 Å². The second-order valence-corrected chi connectivity index (χ2v) is 2.98. The van der Waals surface area contributed by atoms with E-state index in [0.29, 0.717) is 0 Å². The number of amides is 1. The number of carbonyl (C=O) groups is 1. The summed E-state index contributed by atoms with van der Waals surface area (Å²) in [4.78, 5) is 27.2. The van der Waals surface area contributed by atoms with E-state index in [1.54, 1.807) is 0 Å². The Labute approximate surface area is 68.8 Å². The number of nitrogens with zero attached hydrogens (tertiary/aromatic N) is 1. The minimum absolute atomic E-state index is 0.0133. The summed E-state index contributed by atoms with van der Waals surface area (Å²) in [5.41, 5.74) is 0. The summed E-state index contributed by atoms with van der Waals surface area (Å²) in [5.74, 6) is -0.708. The van der Waals surface area contributed by atoms with E-state index >= 15 is 0 Å². The maximum atomic E-state index is 10.7. The third kappa shape index (κ3) is 4.42. The zero-order valence-electron chi connectivity index (χ0n) is 6.38. The van der Waals surface area contributed by atoms with Crippen LogP contribution in [0.25, 0.3) is 0 Å². The molecule has 8 heteroatoms. The van der Waals surface area contributed by atoms with Crippen molar-refractivity contribution in [3.8, 4) is 0 Å². The molecule has 0 radical (unpaired) electrons. The van der Waals surface area contributed by atoms with Crippen LogP contribution in [0.2, 0.25) is 0 Å². The van der Waals surface area contributed by atoms with Crippen LogP contribution in [0, 0.1) is 0 Å². The first-order valence-corrected chi connectivity index (χ1v) is 4.60. The molecule has 7 nitrogen and oxygen atoms in total. The van der Waals surface area contributed by atoms with E-state index in [1.165, 1.54) is 6.92 Å². The van der Waals surface area contributed by atoms with Gasteiger partial charge in [0.1, 0.15) is 6.73 Å². The summed E-state index contributed by atoms with van der Waals surface area (Å²) < 4.78 is 14.0. The van der Waals surface area contributed by atoms with E-state index in [1.807, 2.05) is 0 Å². The molecule has 0 saturated carbocycles. The Morgan fingerprint density at radius 1 is 1.58 bits per heavy atom. The van der Waals surface area contributed by atoms with E-state index in [2.05, 4.69) is 4.62 Å². The smallest absolute Gasteiger partial charge is 0.374 e. The summed E-state index contributed by atoms with van der Waals surface area (Å²) in [5, 5.41) is 8.64. The molecule has 0 aromatic carbocycles. The number of phosphoric acid groups is 1. The first-order valence-electron chi connectivity index (χ1n) is 3.07. The van der Waals surface area contributed by atoms with Gasteiger partial charge in [-0.05, 0) is 0 Å².